The minimum absolute atomic E-state index is 0. The normalized spacial score (nSPS) is 10.6. The van der Waals surface area contributed by atoms with E-state index in [0.717, 1.165) is 11.1 Å². The van der Waals surface area contributed by atoms with E-state index in [1.54, 1.807) is 32.4 Å². The number of halogens is 1. The van der Waals surface area contributed by atoms with Crippen LogP contribution < -0.4 is 25.3 Å². The molecule has 0 heterocycles. The van der Waals surface area contributed by atoms with E-state index < -0.39 is 5.97 Å². The summed E-state index contributed by atoms with van der Waals surface area (Å²) in [4.78, 5) is 16.0. The average molecular weight is 515 g/mol. The number of benzene rings is 2. The van der Waals surface area contributed by atoms with Crippen LogP contribution >= 0.6 is 24.0 Å². The number of esters is 1. The van der Waals surface area contributed by atoms with E-state index in [4.69, 9.17) is 24.7 Å². The van der Waals surface area contributed by atoms with Gasteiger partial charge in [-0.25, -0.2) is 9.79 Å². The second-order valence-electron chi connectivity index (χ2n) is 5.77. The molecule has 2 aromatic rings. The number of hydrogen-bond acceptors (Lipinski definition) is 6. The van der Waals surface area contributed by atoms with Gasteiger partial charge in [-0.15, -0.1) is 24.0 Å². The maximum atomic E-state index is 11.7. The first-order valence-electron chi connectivity index (χ1n) is 8.52. The SMILES string of the molecule is COC(=O)c1ccc(CNC(N)=NCc2ccc(OC)c(OC)c2)cc1OC.I. The summed E-state index contributed by atoms with van der Waals surface area (Å²) in [5.74, 6) is 1.58. The van der Waals surface area contributed by atoms with Crippen LogP contribution in [0.3, 0.4) is 0 Å². The molecule has 0 saturated heterocycles. The second kappa shape index (κ2) is 12.0. The van der Waals surface area contributed by atoms with Crippen LogP contribution in [-0.2, 0) is 17.8 Å². The summed E-state index contributed by atoms with van der Waals surface area (Å²) in [6, 6.07) is 10.8. The van der Waals surface area contributed by atoms with Crippen molar-refractivity contribution in [2.45, 2.75) is 13.1 Å². The van der Waals surface area contributed by atoms with Gasteiger partial charge < -0.3 is 30.0 Å². The summed E-state index contributed by atoms with van der Waals surface area (Å²) in [6.45, 7) is 0.822. The molecule has 0 aliphatic carbocycles. The number of nitrogens with two attached hydrogens (primary N) is 1. The number of aliphatic imine (C=N–C) groups is 1. The molecule has 0 saturated carbocycles. The fraction of sp³-hybridized carbons (Fsp3) is 0.300. The Kier molecular flexibility index (Phi) is 10.1. The molecule has 0 aliphatic rings. The first kappa shape index (κ1) is 24.3. The van der Waals surface area contributed by atoms with Crippen molar-refractivity contribution < 1.29 is 23.7 Å². The fourth-order valence-electron chi connectivity index (χ4n) is 2.53. The van der Waals surface area contributed by atoms with E-state index in [1.165, 1.54) is 14.2 Å². The van der Waals surface area contributed by atoms with Gasteiger partial charge in [0.25, 0.3) is 0 Å². The molecule has 0 atom stereocenters. The van der Waals surface area contributed by atoms with Crippen molar-refractivity contribution in [2.75, 3.05) is 28.4 Å². The van der Waals surface area contributed by atoms with Gasteiger partial charge in [-0.2, -0.15) is 0 Å². The van der Waals surface area contributed by atoms with E-state index in [0.29, 0.717) is 41.9 Å². The third kappa shape index (κ3) is 6.70. The maximum absolute atomic E-state index is 11.7. The largest absolute Gasteiger partial charge is 0.496 e. The van der Waals surface area contributed by atoms with Crippen LogP contribution in [0.5, 0.6) is 17.2 Å². The molecule has 0 spiro atoms. The molecule has 0 aliphatic heterocycles. The van der Waals surface area contributed by atoms with Crippen LogP contribution in [0.2, 0.25) is 0 Å². The van der Waals surface area contributed by atoms with Crippen molar-refractivity contribution in [1.82, 2.24) is 5.32 Å². The number of carbonyl (C=O) groups is 1. The van der Waals surface area contributed by atoms with Crippen molar-refractivity contribution in [3.05, 3.63) is 53.1 Å². The molecule has 0 amide bonds. The predicted molar refractivity (Wildman–Crippen MR) is 121 cm³/mol. The van der Waals surface area contributed by atoms with E-state index in [9.17, 15) is 4.79 Å². The predicted octanol–water partition coefficient (Wildman–Crippen LogP) is 2.72. The highest BCUT2D eigenvalue weighted by Crippen LogP contribution is 2.27. The Bertz CT molecular complexity index is 858. The second-order valence-corrected chi connectivity index (χ2v) is 5.77. The first-order chi connectivity index (χ1) is 13.5. The molecule has 2 rings (SSSR count). The molecule has 0 radical (unpaired) electrons. The van der Waals surface area contributed by atoms with Gasteiger partial charge >= 0.3 is 5.97 Å². The molecule has 3 N–H and O–H groups in total. The number of methoxy groups -OCH3 is 4. The molecular formula is C20H26IN3O5. The van der Waals surface area contributed by atoms with Gasteiger partial charge in [0.15, 0.2) is 17.5 Å². The van der Waals surface area contributed by atoms with Crippen molar-refractivity contribution in [3.63, 3.8) is 0 Å². The number of nitrogens with zero attached hydrogens (tertiary/aromatic N) is 1. The number of ether oxygens (including phenoxy) is 4. The topological polar surface area (TPSA) is 104 Å². The third-order valence-electron chi connectivity index (χ3n) is 4.02. The summed E-state index contributed by atoms with van der Waals surface area (Å²) in [6.07, 6.45) is 0. The fourth-order valence-corrected chi connectivity index (χ4v) is 2.53. The lowest BCUT2D eigenvalue weighted by molar-refractivity contribution is 0.0597. The Morgan fingerprint density at radius 2 is 1.55 bits per heavy atom. The Balaban J connectivity index is 0.00000420. The monoisotopic (exact) mass is 515 g/mol. The molecule has 0 bridgehead atoms. The summed E-state index contributed by atoms with van der Waals surface area (Å²) in [7, 11) is 6.00. The molecular weight excluding hydrogens is 489 g/mol. The van der Waals surface area contributed by atoms with Gasteiger partial charge in [0.05, 0.1) is 35.0 Å². The van der Waals surface area contributed by atoms with Gasteiger partial charge in [0, 0.05) is 6.54 Å². The van der Waals surface area contributed by atoms with Crippen molar-refractivity contribution in [3.8, 4) is 17.2 Å². The van der Waals surface area contributed by atoms with Crippen LogP contribution in [0.1, 0.15) is 21.5 Å². The summed E-state index contributed by atoms with van der Waals surface area (Å²) < 4.78 is 20.5. The van der Waals surface area contributed by atoms with E-state index in [2.05, 4.69) is 10.3 Å². The van der Waals surface area contributed by atoms with Crippen LogP contribution in [0, 0.1) is 0 Å². The minimum Gasteiger partial charge on any atom is -0.496 e. The lowest BCUT2D eigenvalue weighted by atomic mass is 10.1. The quantitative estimate of drug-likeness (QED) is 0.241. The number of rotatable bonds is 8. The van der Waals surface area contributed by atoms with Crippen LogP contribution in [0.4, 0.5) is 0 Å². The average Bonchev–Trinajstić information content (AvgIpc) is 2.75. The molecule has 29 heavy (non-hydrogen) atoms. The van der Waals surface area contributed by atoms with Gasteiger partial charge in [-0.05, 0) is 35.4 Å². The zero-order chi connectivity index (χ0) is 20.5. The van der Waals surface area contributed by atoms with Crippen LogP contribution in [0.25, 0.3) is 0 Å². The van der Waals surface area contributed by atoms with Gasteiger partial charge in [0.1, 0.15) is 11.3 Å². The van der Waals surface area contributed by atoms with Gasteiger partial charge in [-0.3, -0.25) is 0 Å². The maximum Gasteiger partial charge on any atom is 0.341 e. The minimum atomic E-state index is -0.452. The Morgan fingerprint density at radius 1 is 0.931 bits per heavy atom. The molecule has 0 aromatic heterocycles. The lowest BCUT2D eigenvalue weighted by Crippen LogP contribution is -2.31. The zero-order valence-corrected chi connectivity index (χ0v) is 19.2. The summed E-state index contributed by atoms with van der Waals surface area (Å²) in [5.41, 5.74) is 8.13. The third-order valence-corrected chi connectivity index (χ3v) is 4.02. The standard InChI is InChI=1S/C20H25N3O5.HI/c1-25-16-8-6-14(10-18(16)27-3)12-23-20(21)22-11-13-5-7-15(19(24)28-4)17(9-13)26-2;/h5-10H,11-12H2,1-4H3,(H3,21,22,23);1H. The van der Waals surface area contributed by atoms with E-state index in [-0.39, 0.29) is 24.0 Å². The molecule has 8 nitrogen and oxygen atoms in total. The van der Waals surface area contributed by atoms with Crippen molar-refractivity contribution >= 4 is 35.9 Å². The number of guanidine groups is 1. The number of nitrogens with one attached hydrogen (secondary N) is 1. The first-order valence-corrected chi connectivity index (χ1v) is 8.52. The molecule has 9 heteroatoms. The highest BCUT2D eigenvalue weighted by atomic mass is 127. The van der Waals surface area contributed by atoms with Crippen molar-refractivity contribution in [1.29, 1.82) is 0 Å². The van der Waals surface area contributed by atoms with Crippen LogP contribution in [0.15, 0.2) is 41.4 Å². The molecule has 2 aromatic carbocycles. The highest BCUT2D eigenvalue weighted by molar-refractivity contribution is 14.0. The van der Waals surface area contributed by atoms with Crippen LogP contribution in [-0.4, -0.2) is 40.4 Å². The Labute approximate surface area is 187 Å². The van der Waals surface area contributed by atoms with Gasteiger partial charge in [0.2, 0.25) is 0 Å². The van der Waals surface area contributed by atoms with Gasteiger partial charge in [-0.1, -0.05) is 12.1 Å². The smallest absolute Gasteiger partial charge is 0.341 e. The zero-order valence-electron chi connectivity index (χ0n) is 16.9. The lowest BCUT2D eigenvalue weighted by Gasteiger charge is -2.11. The van der Waals surface area contributed by atoms with E-state index in [1.807, 2.05) is 18.2 Å². The summed E-state index contributed by atoms with van der Waals surface area (Å²) >= 11 is 0. The summed E-state index contributed by atoms with van der Waals surface area (Å²) in [5, 5.41) is 3.03. The highest BCUT2D eigenvalue weighted by Gasteiger charge is 2.13. The molecule has 0 fully saturated rings. The van der Waals surface area contributed by atoms with Crippen molar-refractivity contribution in [2.24, 2.45) is 10.7 Å². The number of hydrogen-bond donors (Lipinski definition) is 2. The Morgan fingerprint density at radius 3 is 2.17 bits per heavy atom. The number of carbonyl (C=O) groups excluding carboxylic acids is 1. The van der Waals surface area contributed by atoms with E-state index >= 15 is 0 Å². The molecule has 0 unspecified atom stereocenters. The Hall–Kier alpha value is -2.69. The molecule has 158 valence electrons.